The second-order valence-electron chi connectivity index (χ2n) is 5.13. The molecule has 3 nitrogen and oxygen atoms in total. The fourth-order valence-electron chi connectivity index (χ4n) is 2.48. The highest BCUT2D eigenvalue weighted by Gasteiger charge is 2.17. The van der Waals surface area contributed by atoms with Crippen molar-refractivity contribution < 1.29 is 9.47 Å². The number of halogens is 1. The van der Waals surface area contributed by atoms with E-state index in [9.17, 15) is 0 Å². The van der Waals surface area contributed by atoms with Crippen molar-refractivity contribution in [3.63, 3.8) is 0 Å². The van der Waals surface area contributed by atoms with E-state index in [0.717, 1.165) is 11.1 Å². The molecule has 21 heavy (non-hydrogen) atoms. The lowest BCUT2D eigenvalue weighted by molar-refractivity contribution is 0.354. The molecule has 4 heteroatoms. The van der Waals surface area contributed by atoms with Crippen molar-refractivity contribution >= 4 is 11.6 Å². The summed E-state index contributed by atoms with van der Waals surface area (Å²) in [5.74, 6) is 1.22. The molecular formula is C17H20ClNO2. The second-order valence-corrected chi connectivity index (χ2v) is 5.53. The van der Waals surface area contributed by atoms with Crippen LogP contribution in [-0.4, -0.2) is 14.2 Å². The summed E-state index contributed by atoms with van der Waals surface area (Å²) >= 11 is 6.35. The van der Waals surface area contributed by atoms with Gasteiger partial charge in [0.05, 0.1) is 20.3 Å². The van der Waals surface area contributed by atoms with Crippen molar-refractivity contribution in [1.29, 1.82) is 0 Å². The van der Waals surface area contributed by atoms with Gasteiger partial charge >= 0.3 is 0 Å². The van der Waals surface area contributed by atoms with Crippen molar-refractivity contribution in [2.24, 2.45) is 5.73 Å². The molecule has 0 spiro atoms. The maximum atomic E-state index is 6.39. The first-order valence-electron chi connectivity index (χ1n) is 6.71. The molecule has 0 bridgehead atoms. The number of ether oxygens (including phenoxy) is 2. The molecule has 2 aromatic carbocycles. The third kappa shape index (κ3) is 3.31. The average molecular weight is 306 g/mol. The Kier molecular flexibility index (Phi) is 4.76. The van der Waals surface area contributed by atoms with E-state index in [0.29, 0.717) is 16.5 Å². The number of aryl methyl sites for hydroxylation is 2. The fraction of sp³-hybridized carbons (Fsp3) is 0.294. The predicted octanol–water partition coefficient (Wildman–Crippen LogP) is 4.02. The fourth-order valence-corrected chi connectivity index (χ4v) is 2.75. The quantitative estimate of drug-likeness (QED) is 0.928. The molecule has 0 aromatic heterocycles. The minimum atomic E-state index is -0.309. The highest BCUT2D eigenvalue weighted by Crippen LogP contribution is 2.37. The molecule has 0 amide bonds. The molecule has 0 aliphatic heterocycles. The molecule has 0 saturated heterocycles. The summed E-state index contributed by atoms with van der Waals surface area (Å²) in [5, 5.41) is 0.569. The number of rotatable bonds is 4. The van der Waals surface area contributed by atoms with E-state index < -0.39 is 0 Å². The van der Waals surface area contributed by atoms with Crippen LogP contribution >= 0.6 is 11.6 Å². The zero-order valence-corrected chi connectivity index (χ0v) is 13.5. The van der Waals surface area contributed by atoms with Gasteiger partial charge in [0.25, 0.3) is 0 Å². The van der Waals surface area contributed by atoms with Crippen LogP contribution in [0.5, 0.6) is 11.5 Å². The third-order valence-corrected chi connectivity index (χ3v) is 3.77. The Balaban J connectivity index is 2.49. The number of hydrogen-bond donors (Lipinski definition) is 1. The molecule has 2 rings (SSSR count). The van der Waals surface area contributed by atoms with E-state index in [1.54, 1.807) is 20.3 Å². The Bertz CT molecular complexity index is 635. The largest absolute Gasteiger partial charge is 0.493 e. The number of nitrogens with two attached hydrogens (primary N) is 1. The van der Waals surface area contributed by atoms with Crippen molar-refractivity contribution in [1.82, 2.24) is 0 Å². The van der Waals surface area contributed by atoms with Crippen LogP contribution in [0.3, 0.4) is 0 Å². The van der Waals surface area contributed by atoms with Gasteiger partial charge in [-0.25, -0.2) is 0 Å². The lowest BCUT2D eigenvalue weighted by Gasteiger charge is -2.18. The molecule has 1 atom stereocenters. The van der Waals surface area contributed by atoms with Crippen molar-refractivity contribution in [3.8, 4) is 11.5 Å². The third-order valence-electron chi connectivity index (χ3n) is 3.44. The molecule has 2 N–H and O–H groups in total. The van der Waals surface area contributed by atoms with Crippen molar-refractivity contribution in [2.45, 2.75) is 19.9 Å². The Morgan fingerprint density at radius 2 is 1.43 bits per heavy atom. The van der Waals surface area contributed by atoms with Gasteiger partial charge in [0.2, 0.25) is 0 Å². The Morgan fingerprint density at radius 1 is 0.905 bits per heavy atom. The smallest absolute Gasteiger partial charge is 0.162 e. The summed E-state index contributed by atoms with van der Waals surface area (Å²) in [4.78, 5) is 0. The van der Waals surface area contributed by atoms with Gasteiger partial charge < -0.3 is 15.2 Å². The van der Waals surface area contributed by atoms with Crippen molar-refractivity contribution in [2.75, 3.05) is 14.2 Å². The number of methoxy groups -OCH3 is 2. The van der Waals surface area contributed by atoms with Gasteiger partial charge in [0.15, 0.2) is 11.5 Å². The highest BCUT2D eigenvalue weighted by molar-refractivity contribution is 6.31. The lowest BCUT2D eigenvalue weighted by Crippen LogP contribution is -2.13. The van der Waals surface area contributed by atoms with Crippen LogP contribution in [0.25, 0.3) is 0 Å². The van der Waals surface area contributed by atoms with Gasteiger partial charge in [0.1, 0.15) is 0 Å². The van der Waals surface area contributed by atoms with E-state index in [2.05, 4.69) is 32.0 Å². The molecule has 0 radical (unpaired) electrons. The van der Waals surface area contributed by atoms with E-state index in [-0.39, 0.29) is 6.04 Å². The van der Waals surface area contributed by atoms with Crippen molar-refractivity contribution in [3.05, 3.63) is 57.6 Å². The van der Waals surface area contributed by atoms with Crippen LogP contribution < -0.4 is 15.2 Å². The van der Waals surface area contributed by atoms with Gasteiger partial charge in [-0.3, -0.25) is 0 Å². The molecule has 0 aliphatic rings. The van der Waals surface area contributed by atoms with Crippen LogP contribution in [0.2, 0.25) is 5.02 Å². The molecule has 2 aromatic rings. The zero-order valence-electron chi connectivity index (χ0n) is 12.7. The molecule has 0 heterocycles. The van der Waals surface area contributed by atoms with E-state index in [1.165, 1.54) is 11.1 Å². The monoisotopic (exact) mass is 305 g/mol. The van der Waals surface area contributed by atoms with Gasteiger partial charge in [0, 0.05) is 11.1 Å². The molecule has 112 valence electrons. The van der Waals surface area contributed by atoms with Crippen LogP contribution in [-0.2, 0) is 0 Å². The zero-order chi connectivity index (χ0) is 15.6. The van der Waals surface area contributed by atoms with Gasteiger partial charge in [-0.2, -0.15) is 0 Å². The highest BCUT2D eigenvalue weighted by atomic mass is 35.5. The maximum Gasteiger partial charge on any atom is 0.162 e. The summed E-state index contributed by atoms with van der Waals surface area (Å²) in [5.41, 5.74) is 10.6. The maximum absolute atomic E-state index is 6.39. The van der Waals surface area contributed by atoms with E-state index >= 15 is 0 Å². The van der Waals surface area contributed by atoms with Crippen LogP contribution in [0.15, 0.2) is 30.3 Å². The first-order valence-corrected chi connectivity index (χ1v) is 7.09. The van der Waals surface area contributed by atoms with Crippen LogP contribution in [0, 0.1) is 13.8 Å². The number of benzene rings is 2. The van der Waals surface area contributed by atoms with E-state index in [4.69, 9.17) is 26.8 Å². The topological polar surface area (TPSA) is 44.5 Å². The summed E-state index contributed by atoms with van der Waals surface area (Å²) in [7, 11) is 3.18. The Morgan fingerprint density at radius 3 is 1.95 bits per heavy atom. The Labute approximate surface area is 130 Å². The van der Waals surface area contributed by atoms with E-state index in [1.807, 2.05) is 6.07 Å². The lowest BCUT2D eigenvalue weighted by atomic mass is 9.96. The minimum Gasteiger partial charge on any atom is -0.493 e. The van der Waals surface area contributed by atoms with Gasteiger partial charge in [-0.05, 0) is 31.0 Å². The molecular weight excluding hydrogens is 286 g/mol. The first kappa shape index (κ1) is 15.7. The Hall–Kier alpha value is -1.71. The summed E-state index contributed by atoms with van der Waals surface area (Å²) < 4.78 is 10.6. The summed E-state index contributed by atoms with van der Waals surface area (Å²) in [6, 6.07) is 9.53. The van der Waals surface area contributed by atoms with Crippen LogP contribution in [0.4, 0.5) is 0 Å². The molecule has 1 unspecified atom stereocenters. The number of hydrogen-bond acceptors (Lipinski definition) is 3. The first-order chi connectivity index (χ1) is 9.96. The normalized spacial score (nSPS) is 12.1. The van der Waals surface area contributed by atoms with Gasteiger partial charge in [-0.15, -0.1) is 0 Å². The SMILES string of the molecule is COc1cc(Cl)c(C(N)c2cc(C)cc(C)c2)cc1OC. The molecule has 0 saturated carbocycles. The predicted molar refractivity (Wildman–Crippen MR) is 86.5 cm³/mol. The summed E-state index contributed by atoms with van der Waals surface area (Å²) in [6.07, 6.45) is 0. The van der Waals surface area contributed by atoms with Gasteiger partial charge in [-0.1, -0.05) is 40.9 Å². The average Bonchev–Trinajstić information content (AvgIpc) is 2.45. The van der Waals surface area contributed by atoms with Crippen LogP contribution in [0.1, 0.15) is 28.3 Å². The molecule has 0 aliphatic carbocycles. The summed E-state index contributed by atoms with van der Waals surface area (Å²) in [6.45, 7) is 4.11. The second kappa shape index (κ2) is 6.37. The molecule has 0 fully saturated rings. The standard InChI is InChI=1S/C17H20ClNO2/c1-10-5-11(2)7-12(6-10)17(19)13-8-15(20-3)16(21-4)9-14(13)18/h5-9,17H,19H2,1-4H3. The minimum absolute atomic E-state index is 0.309.